The third-order valence-corrected chi connectivity index (χ3v) is 3.39. The van der Waals surface area contributed by atoms with Gasteiger partial charge in [-0.05, 0) is 18.2 Å². The van der Waals surface area contributed by atoms with Crippen molar-refractivity contribution < 1.29 is 4.79 Å². The van der Waals surface area contributed by atoms with Crippen molar-refractivity contribution in [2.75, 3.05) is 36.8 Å². The van der Waals surface area contributed by atoms with Crippen LogP contribution in [0.1, 0.15) is 10.5 Å². The van der Waals surface area contributed by atoms with Crippen LogP contribution in [0.3, 0.4) is 0 Å². The molecule has 7 nitrogen and oxygen atoms in total. The molecule has 8 heteroatoms. The molecule has 2 aromatic heterocycles. The minimum atomic E-state index is -0.0871. The molecule has 1 saturated heterocycles. The largest absolute Gasteiger partial charge is 0.384 e. The summed E-state index contributed by atoms with van der Waals surface area (Å²) in [6.07, 6.45) is 3.44. The SMILES string of the molecule is Cl.Nc1cccc(C(=O)N2CCN(c3ncccn3)CC2)n1. The number of hydrogen-bond acceptors (Lipinski definition) is 6. The number of hydrogen-bond donors (Lipinski definition) is 1. The predicted octanol–water partition coefficient (Wildman–Crippen LogP) is 0.838. The zero-order valence-corrected chi connectivity index (χ0v) is 12.7. The number of anilines is 2. The summed E-state index contributed by atoms with van der Waals surface area (Å²) in [6.45, 7) is 2.65. The van der Waals surface area contributed by atoms with Gasteiger partial charge in [0.15, 0.2) is 0 Å². The Kier molecular flexibility index (Phi) is 5.11. The lowest BCUT2D eigenvalue weighted by Crippen LogP contribution is -2.49. The van der Waals surface area contributed by atoms with Gasteiger partial charge >= 0.3 is 0 Å². The zero-order chi connectivity index (χ0) is 14.7. The van der Waals surface area contributed by atoms with Gasteiger partial charge in [0.25, 0.3) is 5.91 Å². The van der Waals surface area contributed by atoms with Gasteiger partial charge in [0, 0.05) is 38.6 Å². The fourth-order valence-electron chi connectivity index (χ4n) is 2.30. The van der Waals surface area contributed by atoms with Crippen LogP contribution in [0.25, 0.3) is 0 Å². The van der Waals surface area contributed by atoms with E-state index < -0.39 is 0 Å². The molecule has 2 N–H and O–H groups in total. The van der Waals surface area contributed by atoms with E-state index in [9.17, 15) is 4.79 Å². The number of amides is 1. The van der Waals surface area contributed by atoms with Crippen LogP contribution in [0.5, 0.6) is 0 Å². The molecule has 1 aliphatic heterocycles. The molecule has 1 amide bonds. The van der Waals surface area contributed by atoms with E-state index in [-0.39, 0.29) is 18.3 Å². The van der Waals surface area contributed by atoms with Crippen LogP contribution < -0.4 is 10.6 Å². The van der Waals surface area contributed by atoms with Crippen LogP contribution in [0.4, 0.5) is 11.8 Å². The van der Waals surface area contributed by atoms with E-state index in [1.807, 2.05) is 0 Å². The number of nitrogens with two attached hydrogens (primary N) is 1. The molecule has 116 valence electrons. The quantitative estimate of drug-likeness (QED) is 0.882. The molecule has 0 atom stereocenters. The number of halogens is 1. The van der Waals surface area contributed by atoms with Gasteiger partial charge in [-0.1, -0.05) is 6.07 Å². The average molecular weight is 321 g/mol. The maximum atomic E-state index is 12.4. The van der Waals surface area contributed by atoms with Crippen molar-refractivity contribution in [2.45, 2.75) is 0 Å². The second-order valence-electron chi connectivity index (χ2n) is 4.78. The van der Waals surface area contributed by atoms with Crippen LogP contribution in [0.2, 0.25) is 0 Å². The summed E-state index contributed by atoms with van der Waals surface area (Å²) in [7, 11) is 0. The van der Waals surface area contributed by atoms with E-state index in [0.717, 1.165) is 0 Å². The van der Waals surface area contributed by atoms with Gasteiger partial charge in [-0.25, -0.2) is 15.0 Å². The Labute approximate surface area is 134 Å². The minimum absolute atomic E-state index is 0. The van der Waals surface area contributed by atoms with E-state index in [4.69, 9.17) is 5.73 Å². The topological polar surface area (TPSA) is 88.2 Å². The molecular formula is C14H17ClN6O. The van der Waals surface area contributed by atoms with Gasteiger partial charge in [-0.15, -0.1) is 12.4 Å². The summed E-state index contributed by atoms with van der Waals surface area (Å²) in [5, 5.41) is 0. The first-order chi connectivity index (χ1) is 10.2. The second-order valence-corrected chi connectivity index (χ2v) is 4.78. The lowest BCUT2D eigenvalue weighted by atomic mass is 10.2. The summed E-state index contributed by atoms with van der Waals surface area (Å²) in [5.41, 5.74) is 6.01. The Morgan fingerprint density at radius 1 is 1.05 bits per heavy atom. The Morgan fingerprint density at radius 2 is 1.73 bits per heavy atom. The summed E-state index contributed by atoms with van der Waals surface area (Å²) in [4.78, 5) is 28.7. The molecule has 0 aliphatic carbocycles. The van der Waals surface area contributed by atoms with Crippen molar-refractivity contribution >= 4 is 30.1 Å². The third kappa shape index (κ3) is 3.43. The highest BCUT2D eigenvalue weighted by Crippen LogP contribution is 2.12. The lowest BCUT2D eigenvalue weighted by Gasteiger charge is -2.34. The smallest absolute Gasteiger partial charge is 0.272 e. The van der Waals surface area contributed by atoms with E-state index in [0.29, 0.717) is 43.6 Å². The van der Waals surface area contributed by atoms with Gasteiger partial charge < -0.3 is 15.5 Å². The van der Waals surface area contributed by atoms with Gasteiger partial charge in [0.2, 0.25) is 5.95 Å². The second kappa shape index (κ2) is 7.04. The number of pyridine rings is 1. The van der Waals surface area contributed by atoms with Gasteiger partial charge in [-0.2, -0.15) is 0 Å². The highest BCUT2D eigenvalue weighted by molar-refractivity contribution is 5.92. The van der Waals surface area contributed by atoms with Gasteiger partial charge in [0.05, 0.1) is 0 Å². The first-order valence-corrected chi connectivity index (χ1v) is 6.78. The highest BCUT2D eigenvalue weighted by Gasteiger charge is 2.24. The number of carbonyl (C=O) groups is 1. The Balaban J connectivity index is 0.00000176. The van der Waals surface area contributed by atoms with E-state index in [2.05, 4.69) is 19.9 Å². The van der Waals surface area contributed by atoms with Crippen LogP contribution in [-0.2, 0) is 0 Å². The number of nitrogens with zero attached hydrogens (tertiary/aromatic N) is 5. The molecule has 3 heterocycles. The summed E-state index contributed by atoms with van der Waals surface area (Å²) in [6, 6.07) is 6.88. The van der Waals surface area contributed by atoms with Crippen molar-refractivity contribution in [2.24, 2.45) is 0 Å². The zero-order valence-electron chi connectivity index (χ0n) is 11.9. The maximum Gasteiger partial charge on any atom is 0.272 e. The molecule has 0 radical (unpaired) electrons. The number of rotatable bonds is 2. The van der Waals surface area contributed by atoms with E-state index in [1.165, 1.54) is 0 Å². The first kappa shape index (κ1) is 16.0. The molecule has 2 aromatic rings. The highest BCUT2D eigenvalue weighted by atomic mass is 35.5. The monoisotopic (exact) mass is 320 g/mol. The number of carbonyl (C=O) groups excluding carboxylic acids is 1. The first-order valence-electron chi connectivity index (χ1n) is 6.78. The molecule has 0 unspecified atom stereocenters. The molecular weight excluding hydrogens is 304 g/mol. The standard InChI is InChI=1S/C14H16N6O.ClH/c15-12-4-1-3-11(18-12)13(21)19-7-9-20(10-8-19)14-16-5-2-6-17-14;/h1-6H,7-10H2,(H2,15,18);1H. The Hall–Kier alpha value is -2.41. The number of nitrogen functional groups attached to an aromatic ring is 1. The summed E-state index contributed by atoms with van der Waals surface area (Å²) >= 11 is 0. The maximum absolute atomic E-state index is 12.4. The third-order valence-electron chi connectivity index (χ3n) is 3.39. The molecule has 22 heavy (non-hydrogen) atoms. The Morgan fingerprint density at radius 3 is 2.36 bits per heavy atom. The van der Waals surface area contributed by atoms with Crippen LogP contribution in [0, 0.1) is 0 Å². The van der Waals surface area contributed by atoms with Crippen molar-refractivity contribution in [3.8, 4) is 0 Å². The molecule has 0 bridgehead atoms. The van der Waals surface area contributed by atoms with Crippen molar-refractivity contribution in [3.63, 3.8) is 0 Å². The normalized spacial score (nSPS) is 14.4. The fourth-order valence-corrected chi connectivity index (χ4v) is 2.30. The van der Waals surface area contributed by atoms with Crippen molar-refractivity contribution in [3.05, 3.63) is 42.4 Å². The van der Waals surface area contributed by atoms with Crippen molar-refractivity contribution in [1.82, 2.24) is 19.9 Å². The van der Waals surface area contributed by atoms with Crippen molar-refractivity contribution in [1.29, 1.82) is 0 Å². The van der Waals surface area contributed by atoms with E-state index >= 15 is 0 Å². The molecule has 1 fully saturated rings. The van der Waals surface area contributed by atoms with E-state index in [1.54, 1.807) is 41.6 Å². The van der Waals surface area contributed by atoms with Crippen LogP contribution in [0.15, 0.2) is 36.7 Å². The fraction of sp³-hybridized carbons (Fsp3) is 0.286. The van der Waals surface area contributed by atoms with Crippen LogP contribution in [-0.4, -0.2) is 51.9 Å². The minimum Gasteiger partial charge on any atom is -0.384 e. The van der Waals surface area contributed by atoms with Crippen LogP contribution >= 0.6 is 12.4 Å². The van der Waals surface area contributed by atoms with Gasteiger partial charge in [0.1, 0.15) is 11.5 Å². The number of piperazine rings is 1. The molecule has 3 rings (SSSR count). The molecule has 0 saturated carbocycles. The Bertz CT molecular complexity index is 630. The molecule has 0 aromatic carbocycles. The lowest BCUT2D eigenvalue weighted by molar-refractivity contribution is 0.0740. The van der Waals surface area contributed by atoms with Gasteiger partial charge in [-0.3, -0.25) is 4.79 Å². The summed E-state index contributed by atoms with van der Waals surface area (Å²) < 4.78 is 0. The molecule has 1 aliphatic rings. The average Bonchev–Trinajstić information content (AvgIpc) is 2.55. The number of aromatic nitrogens is 3. The summed E-state index contributed by atoms with van der Waals surface area (Å²) in [5.74, 6) is 0.972. The predicted molar refractivity (Wildman–Crippen MR) is 86.0 cm³/mol. The molecule has 0 spiro atoms.